The number of methoxy groups -OCH3 is 1. The van der Waals surface area contributed by atoms with Crippen LogP contribution in [-0.4, -0.2) is 68.1 Å². The quantitative estimate of drug-likeness (QED) is 0.749. The van der Waals surface area contributed by atoms with E-state index < -0.39 is 0 Å². The Labute approximate surface area is 175 Å². The van der Waals surface area contributed by atoms with Gasteiger partial charge in [0.1, 0.15) is 0 Å². The van der Waals surface area contributed by atoms with E-state index in [9.17, 15) is 9.59 Å². The number of benzene rings is 2. The van der Waals surface area contributed by atoms with Gasteiger partial charge in [-0.3, -0.25) is 14.5 Å². The molecule has 2 amide bonds. The first-order valence-corrected chi connectivity index (χ1v) is 9.75. The number of nitrogens with zero attached hydrogens (tertiary/aromatic N) is 2. The molecular weight excluding hydrogens is 394 g/mol. The van der Waals surface area contributed by atoms with Crippen molar-refractivity contribution in [3.05, 3.63) is 53.6 Å². The first kappa shape index (κ1) is 21.0. The molecule has 29 heavy (non-hydrogen) atoms. The summed E-state index contributed by atoms with van der Waals surface area (Å²) in [5.41, 5.74) is 0.599. The molecule has 1 N–H and O–H groups in total. The molecule has 0 unspecified atom stereocenters. The van der Waals surface area contributed by atoms with Gasteiger partial charge in [0.15, 0.2) is 18.1 Å². The fraction of sp³-hybridized carbons (Fsp3) is 0.333. The predicted molar refractivity (Wildman–Crippen MR) is 112 cm³/mol. The average Bonchev–Trinajstić information content (AvgIpc) is 2.74. The minimum Gasteiger partial charge on any atom is -0.493 e. The third-order valence-corrected chi connectivity index (χ3v) is 4.99. The van der Waals surface area contributed by atoms with Crippen LogP contribution >= 0.6 is 11.6 Å². The number of hydrogen-bond donors (Lipinski definition) is 1. The average molecular weight is 418 g/mol. The van der Waals surface area contributed by atoms with Crippen LogP contribution in [0, 0.1) is 0 Å². The molecule has 0 aliphatic carbocycles. The van der Waals surface area contributed by atoms with E-state index in [1.807, 2.05) is 29.2 Å². The van der Waals surface area contributed by atoms with Crippen molar-refractivity contribution in [1.82, 2.24) is 9.80 Å². The third-order valence-electron chi connectivity index (χ3n) is 4.66. The summed E-state index contributed by atoms with van der Waals surface area (Å²) in [5, 5.41) is 3.32. The molecule has 7 nitrogen and oxygen atoms in total. The van der Waals surface area contributed by atoms with Crippen LogP contribution in [0.2, 0.25) is 5.02 Å². The van der Waals surface area contributed by atoms with Crippen LogP contribution in [0.4, 0.5) is 5.69 Å². The van der Waals surface area contributed by atoms with Gasteiger partial charge >= 0.3 is 0 Å². The highest BCUT2D eigenvalue weighted by Crippen LogP contribution is 2.25. The van der Waals surface area contributed by atoms with Crippen molar-refractivity contribution in [3.8, 4) is 11.5 Å². The van der Waals surface area contributed by atoms with Gasteiger partial charge < -0.3 is 19.7 Å². The van der Waals surface area contributed by atoms with E-state index in [0.29, 0.717) is 48.4 Å². The van der Waals surface area contributed by atoms with E-state index >= 15 is 0 Å². The van der Waals surface area contributed by atoms with Crippen molar-refractivity contribution in [3.63, 3.8) is 0 Å². The molecule has 1 heterocycles. The van der Waals surface area contributed by atoms with Crippen LogP contribution in [0.1, 0.15) is 0 Å². The summed E-state index contributed by atoms with van der Waals surface area (Å²) in [7, 11) is 1.56. The predicted octanol–water partition coefficient (Wildman–Crippen LogP) is 2.51. The maximum absolute atomic E-state index is 12.4. The minimum atomic E-state index is -0.127. The molecule has 1 saturated heterocycles. The van der Waals surface area contributed by atoms with Gasteiger partial charge in [-0.25, -0.2) is 0 Å². The lowest BCUT2D eigenvalue weighted by atomic mass is 10.3. The Hall–Kier alpha value is -2.77. The van der Waals surface area contributed by atoms with Crippen molar-refractivity contribution in [2.75, 3.05) is 51.8 Å². The number of ether oxygens (including phenoxy) is 2. The molecule has 0 aromatic heterocycles. The Bertz CT molecular complexity index is 853. The summed E-state index contributed by atoms with van der Waals surface area (Å²) in [4.78, 5) is 28.4. The Morgan fingerprint density at radius 1 is 1.00 bits per heavy atom. The van der Waals surface area contributed by atoms with E-state index in [-0.39, 0.29) is 25.0 Å². The molecule has 0 saturated carbocycles. The molecule has 1 fully saturated rings. The monoisotopic (exact) mass is 417 g/mol. The first-order chi connectivity index (χ1) is 14.1. The summed E-state index contributed by atoms with van der Waals surface area (Å²) < 4.78 is 10.8. The molecule has 1 aliphatic heterocycles. The van der Waals surface area contributed by atoms with Gasteiger partial charge in [0.25, 0.3) is 5.91 Å². The summed E-state index contributed by atoms with van der Waals surface area (Å²) in [5.74, 6) is 0.918. The maximum atomic E-state index is 12.4. The lowest BCUT2D eigenvalue weighted by Crippen LogP contribution is -2.51. The Morgan fingerprint density at radius 2 is 1.66 bits per heavy atom. The first-order valence-electron chi connectivity index (χ1n) is 9.37. The minimum absolute atomic E-state index is 0.0482. The third kappa shape index (κ3) is 5.85. The second kappa shape index (κ2) is 10.1. The SMILES string of the molecule is COc1ccccc1OCC(=O)N1CCN(CC(=O)Nc2ccccc2Cl)CC1. The zero-order chi connectivity index (χ0) is 20.6. The smallest absolute Gasteiger partial charge is 0.260 e. The van der Waals surface area contributed by atoms with Gasteiger partial charge in [-0.05, 0) is 24.3 Å². The number of carbonyl (C=O) groups excluding carboxylic acids is 2. The van der Waals surface area contributed by atoms with Gasteiger partial charge in [0.2, 0.25) is 5.91 Å². The fourth-order valence-electron chi connectivity index (χ4n) is 3.08. The van der Waals surface area contributed by atoms with E-state index in [0.717, 1.165) is 0 Å². The number of hydrogen-bond acceptors (Lipinski definition) is 5. The topological polar surface area (TPSA) is 71.1 Å². The molecule has 154 valence electrons. The lowest BCUT2D eigenvalue weighted by Gasteiger charge is -2.34. The van der Waals surface area contributed by atoms with Crippen LogP contribution in [0.15, 0.2) is 48.5 Å². The van der Waals surface area contributed by atoms with Crippen LogP contribution < -0.4 is 14.8 Å². The van der Waals surface area contributed by atoms with E-state index in [1.54, 1.807) is 36.3 Å². The number of nitrogens with one attached hydrogen (secondary N) is 1. The molecule has 2 aromatic rings. The van der Waals surface area contributed by atoms with Gasteiger partial charge in [0, 0.05) is 26.2 Å². The maximum Gasteiger partial charge on any atom is 0.260 e. The van der Waals surface area contributed by atoms with Gasteiger partial charge in [-0.15, -0.1) is 0 Å². The van der Waals surface area contributed by atoms with Crippen molar-refractivity contribution in [1.29, 1.82) is 0 Å². The summed E-state index contributed by atoms with van der Waals surface area (Å²) in [6.07, 6.45) is 0. The molecule has 1 aliphatic rings. The summed E-state index contributed by atoms with van der Waals surface area (Å²) in [6, 6.07) is 14.3. The number of rotatable bonds is 7. The number of piperazine rings is 1. The lowest BCUT2D eigenvalue weighted by molar-refractivity contribution is -0.135. The van der Waals surface area contributed by atoms with Crippen molar-refractivity contribution >= 4 is 29.1 Å². The highest BCUT2D eigenvalue weighted by atomic mass is 35.5. The zero-order valence-corrected chi connectivity index (χ0v) is 17.0. The second-order valence-electron chi connectivity index (χ2n) is 6.62. The van der Waals surface area contributed by atoms with Crippen LogP contribution in [-0.2, 0) is 9.59 Å². The van der Waals surface area contributed by atoms with Crippen molar-refractivity contribution in [2.45, 2.75) is 0 Å². The van der Waals surface area contributed by atoms with Gasteiger partial charge in [-0.2, -0.15) is 0 Å². The normalized spacial score (nSPS) is 14.3. The standard InChI is InChI=1S/C21H24ClN3O4/c1-28-18-8-4-5-9-19(18)29-15-21(27)25-12-10-24(11-13-25)14-20(26)23-17-7-3-2-6-16(17)22/h2-9H,10-15H2,1H3,(H,23,26). The van der Waals surface area contributed by atoms with Crippen LogP contribution in [0.3, 0.4) is 0 Å². The van der Waals surface area contributed by atoms with Crippen molar-refractivity contribution < 1.29 is 19.1 Å². The molecule has 0 radical (unpaired) electrons. The molecule has 0 bridgehead atoms. The second-order valence-corrected chi connectivity index (χ2v) is 7.03. The van der Waals surface area contributed by atoms with E-state index in [4.69, 9.17) is 21.1 Å². The molecule has 3 rings (SSSR count). The largest absolute Gasteiger partial charge is 0.493 e. The molecule has 0 spiro atoms. The van der Waals surface area contributed by atoms with Gasteiger partial charge in [0.05, 0.1) is 24.4 Å². The number of carbonyl (C=O) groups is 2. The van der Waals surface area contributed by atoms with E-state index in [2.05, 4.69) is 5.32 Å². The molecule has 0 atom stereocenters. The number of halogens is 1. The van der Waals surface area contributed by atoms with Crippen LogP contribution in [0.5, 0.6) is 11.5 Å². The Kier molecular flexibility index (Phi) is 7.32. The van der Waals surface area contributed by atoms with E-state index in [1.165, 1.54) is 0 Å². The number of amides is 2. The number of anilines is 1. The fourth-order valence-corrected chi connectivity index (χ4v) is 3.26. The molecule has 2 aromatic carbocycles. The highest BCUT2D eigenvalue weighted by Gasteiger charge is 2.23. The Balaban J connectivity index is 1.42. The highest BCUT2D eigenvalue weighted by molar-refractivity contribution is 6.33. The number of para-hydroxylation sites is 3. The van der Waals surface area contributed by atoms with Gasteiger partial charge in [-0.1, -0.05) is 35.9 Å². The van der Waals surface area contributed by atoms with Crippen molar-refractivity contribution in [2.24, 2.45) is 0 Å². The molecule has 8 heteroatoms. The summed E-state index contributed by atoms with van der Waals surface area (Å²) in [6.45, 7) is 2.55. The van der Waals surface area contributed by atoms with Crippen LogP contribution in [0.25, 0.3) is 0 Å². The zero-order valence-electron chi connectivity index (χ0n) is 16.3. The summed E-state index contributed by atoms with van der Waals surface area (Å²) >= 11 is 6.07. The Morgan fingerprint density at radius 3 is 2.34 bits per heavy atom. The molecular formula is C21H24ClN3O4.